The van der Waals surface area contributed by atoms with E-state index < -0.39 is 0 Å². The summed E-state index contributed by atoms with van der Waals surface area (Å²) in [5, 5.41) is 2.64. The van der Waals surface area contributed by atoms with Crippen LogP contribution in [-0.4, -0.2) is 4.57 Å². The summed E-state index contributed by atoms with van der Waals surface area (Å²) in [5.74, 6) is 0.330. The monoisotopic (exact) mass is 593 g/mol. The summed E-state index contributed by atoms with van der Waals surface area (Å²) < 4.78 is 2.50. The molecular formula is C45H39N. The molecule has 46 heavy (non-hydrogen) atoms. The van der Waals surface area contributed by atoms with E-state index >= 15 is 0 Å². The van der Waals surface area contributed by atoms with Crippen molar-refractivity contribution in [3.05, 3.63) is 160 Å². The highest BCUT2D eigenvalue weighted by Crippen LogP contribution is 2.51. The zero-order chi connectivity index (χ0) is 31.5. The lowest BCUT2D eigenvalue weighted by Crippen LogP contribution is -2.29. The van der Waals surface area contributed by atoms with Gasteiger partial charge in [-0.15, -0.1) is 0 Å². The van der Waals surface area contributed by atoms with E-state index in [4.69, 9.17) is 0 Å². The van der Waals surface area contributed by atoms with Crippen LogP contribution in [-0.2, 0) is 10.8 Å². The molecule has 1 nitrogen and oxygen atoms in total. The van der Waals surface area contributed by atoms with Crippen molar-refractivity contribution in [2.75, 3.05) is 0 Å². The Hall–Kier alpha value is -4.88. The van der Waals surface area contributed by atoms with Gasteiger partial charge in [0.15, 0.2) is 0 Å². The fraction of sp³-hybridized carbons (Fsp3) is 0.200. The number of fused-ring (bicyclic) bond motifs is 7. The van der Waals surface area contributed by atoms with Gasteiger partial charge in [-0.05, 0) is 92.4 Å². The van der Waals surface area contributed by atoms with Gasteiger partial charge in [-0.25, -0.2) is 0 Å². The molecule has 0 saturated heterocycles. The number of nitrogens with zero attached hydrogens (tertiary/aromatic N) is 1. The fourth-order valence-electron chi connectivity index (χ4n) is 8.99. The molecule has 1 unspecified atom stereocenters. The van der Waals surface area contributed by atoms with Crippen molar-refractivity contribution >= 4 is 21.8 Å². The molecular weight excluding hydrogens is 555 g/mol. The van der Waals surface area contributed by atoms with E-state index in [1.165, 1.54) is 88.7 Å². The lowest BCUT2D eigenvalue weighted by molar-refractivity contribution is 0.592. The molecule has 1 aliphatic heterocycles. The van der Waals surface area contributed by atoms with Crippen LogP contribution in [0.4, 0.5) is 0 Å². The highest BCUT2D eigenvalue weighted by atomic mass is 15.0. The standard InChI is InChI=1S/C45H39N/c1-27-21-22-29(25-34(27)32-14-11-18-38-42(32)28(2)31-13-7-8-16-36(31)44(38,3)4)30-23-24-40-35(26-30)33-15-12-19-39-43(33)46(40)41-20-10-9-17-37(41)45(39,5)6/h7-26,28H,1-6H3. The second kappa shape index (κ2) is 9.33. The van der Waals surface area contributed by atoms with Crippen LogP contribution in [0.1, 0.15) is 79.5 Å². The Morgan fingerprint density at radius 2 is 1.20 bits per heavy atom. The van der Waals surface area contributed by atoms with Crippen LogP contribution in [0.3, 0.4) is 0 Å². The van der Waals surface area contributed by atoms with E-state index in [1.54, 1.807) is 0 Å². The van der Waals surface area contributed by atoms with E-state index in [0.29, 0.717) is 5.92 Å². The van der Waals surface area contributed by atoms with Gasteiger partial charge in [0.2, 0.25) is 0 Å². The predicted molar refractivity (Wildman–Crippen MR) is 195 cm³/mol. The molecule has 6 aromatic carbocycles. The van der Waals surface area contributed by atoms with Crippen LogP contribution in [0, 0.1) is 6.92 Å². The summed E-state index contributed by atoms with van der Waals surface area (Å²) in [6.45, 7) is 14.2. The summed E-state index contributed by atoms with van der Waals surface area (Å²) in [6.07, 6.45) is 0. The second-order valence-electron chi connectivity index (χ2n) is 14.6. The summed E-state index contributed by atoms with van der Waals surface area (Å²) >= 11 is 0. The maximum atomic E-state index is 2.50. The Balaban J connectivity index is 1.24. The smallest absolute Gasteiger partial charge is 0.0582 e. The van der Waals surface area contributed by atoms with E-state index in [9.17, 15) is 0 Å². The number of rotatable bonds is 2. The molecule has 0 fully saturated rings. The number of aryl methyl sites for hydroxylation is 1. The lowest BCUT2D eigenvalue weighted by atomic mass is 9.64. The van der Waals surface area contributed by atoms with E-state index in [1.807, 2.05) is 0 Å². The number of hydrogen-bond donors (Lipinski definition) is 0. The number of para-hydroxylation sites is 2. The quantitative estimate of drug-likeness (QED) is 0.188. The van der Waals surface area contributed by atoms with Crippen molar-refractivity contribution in [1.29, 1.82) is 0 Å². The molecule has 1 heteroatoms. The maximum Gasteiger partial charge on any atom is 0.0582 e. The first-order chi connectivity index (χ1) is 22.2. The molecule has 0 bridgehead atoms. The molecule has 1 aliphatic carbocycles. The Morgan fingerprint density at radius 1 is 0.543 bits per heavy atom. The van der Waals surface area contributed by atoms with Gasteiger partial charge < -0.3 is 4.57 Å². The minimum Gasteiger partial charge on any atom is -0.309 e. The van der Waals surface area contributed by atoms with Crippen LogP contribution in [0.15, 0.2) is 121 Å². The van der Waals surface area contributed by atoms with E-state index in [2.05, 4.69) is 167 Å². The van der Waals surface area contributed by atoms with Gasteiger partial charge in [-0.1, -0.05) is 132 Å². The maximum absolute atomic E-state index is 2.50. The van der Waals surface area contributed by atoms with Gasteiger partial charge in [-0.2, -0.15) is 0 Å². The average molecular weight is 594 g/mol. The number of benzene rings is 6. The Kier molecular flexibility index (Phi) is 5.56. The van der Waals surface area contributed by atoms with Crippen LogP contribution in [0.5, 0.6) is 0 Å². The minimum absolute atomic E-state index is 0.0467. The highest BCUT2D eigenvalue weighted by molar-refractivity contribution is 6.12. The lowest BCUT2D eigenvalue weighted by Gasteiger charge is -2.39. The molecule has 0 spiro atoms. The first-order valence-corrected chi connectivity index (χ1v) is 16.7. The van der Waals surface area contributed by atoms with Gasteiger partial charge >= 0.3 is 0 Å². The number of hydrogen-bond acceptors (Lipinski definition) is 0. The third-order valence-corrected chi connectivity index (χ3v) is 11.5. The first-order valence-electron chi connectivity index (χ1n) is 16.7. The van der Waals surface area contributed by atoms with Crippen molar-refractivity contribution in [2.45, 2.75) is 58.3 Å². The van der Waals surface area contributed by atoms with Crippen LogP contribution in [0.2, 0.25) is 0 Å². The summed E-state index contributed by atoms with van der Waals surface area (Å²) in [4.78, 5) is 0. The molecule has 2 aliphatic rings. The van der Waals surface area contributed by atoms with Crippen molar-refractivity contribution < 1.29 is 0 Å². The van der Waals surface area contributed by atoms with Crippen molar-refractivity contribution in [1.82, 2.24) is 4.57 Å². The fourth-order valence-corrected chi connectivity index (χ4v) is 8.99. The van der Waals surface area contributed by atoms with Gasteiger partial charge in [-0.3, -0.25) is 0 Å². The minimum atomic E-state index is -0.0593. The molecule has 0 radical (unpaired) electrons. The molecule has 9 rings (SSSR count). The Bertz CT molecular complexity index is 2400. The zero-order valence-corrected chi connectivity index (χ0v) is 27.6. The van der Waals surface area contributed by atoms with Crippen LogP contribution < -0.4 is 0 Å². The normalized spacial score (nSPS) is 17.0. The van der Waals surface area contributed by atoms with Gasteiger partial charge in [0.05, 0.1) is 16.7 Å². The molecule has 7 aromatic rings. The van der Waals surface area contributed by atoms with Crippen LogP contribution in [0.25, 0.3) is 49.7 Å². The van der Waals surface area contributed by atoms with Gasteiger partial charge in [0.25, 0.3) is 0 Å². The molecule has 0 amide bonds. The molecule has 1 atom stereocenters. The van der Waals surface area contributed by atoms with Crippen LogP contribution >= 0.6 is 0 Å². The average Bonchev–Trinajstić information content (AvgIpc) is 3.41. The molecule has 1 aromatic heterocycles. The van der Waals surface area contributed by atoms with Gasteiger partial charge in [0, 0.05) is 27.5 Å². The SMILES string of the molecule is Cc1ccc(-c2ccc3c(c2)c2cccc4c2n3-c2ccccc2C4(C)C)cc1-c1cccc2c1C(C)c1ccccc1C2(C)C. The van der Waals surface area contributed by atoms with Crippen molar-refractivity contribution in [3.8, 4) is 27.9 Å². The molecule has 0 saturated carbocycles. The molecule has 0 N–H and O–H groups in total. The summed E-state index contributed by atoms with van der Waals surface area (Å²) in [7, 11) is 0. The predicted octanol–water partition coefficient (Wildman–Crippen LogP) is 11.9. The first kappa shape index (κ1) is 27.4. The second-order valence-corrected chi connectivity index (χ2v) is 14.6. The van der Waals surface area contributed by atoms with E-state index in [-0.39, 0.29) is 10.8 Å². The molecule has 224 valence electrons. The highest BCUT2D eigenvalue weighted by Gasteiger charge is 2.37. The summed E-state index contributed by atoms with van der Waals surface area (Å²) in [5.41, 5.74) is 18.9. The third-order valence-electron chi connectivity index (χ3n) is 11.5. The molecule has 2 heterocycles. The van der Waals surface area contributed by atoms with Crippen molar-refractivity contribution in [3.63, 3.8) is 0 Å². The zero-order valence-electron chi connectivity index (χ0n) is 27.6. The number of aromatic nitrogens is 1. The Morgan fingerprint density at radius 3 is 2.04 bits per heavy atom. The topological polar surface area (TPSA) is 4.93 Å². The van der Waals surface area contributed by atoms with Crippen molar-refractivity contribution in [2.24, 2.45) is 0 Å². The van der Waals surface area contributed by atoms with Gasteiger partial charge in [0.1, 0.15) is 0 Å². The Labute approximate surface area is 272 Å². The largest absolute Gasteiger partial charge is 0.309 e. The van der Waals surface area contributed by atoms with E-state index in [0.717, 1.165) is 0 Å². The third kappa shape index (κ3) is 3.52. The summed E-state index contributed by atoms with van der Waals surface area (Å²) in [6, 6.07) is 46.0.